The highest BCUT2D eigenvalue weighted by atomic mass is 32.1. The third-order valence-electron chi connectivity index (χ3n) is 3.61. The van der Waals surface area contributed by atoms with Gasteiger partial charge in [-0.25, -0.2) is 0 Å². The smallest absolute Gasteiger partial charge is 0.240 e. The Balaban J connectivity index is 1.58. The van der Waals surface area contributed by atoms with Crippen LogP contribution in [0.15, 0.2) is 0 Å². The Bertz CT molecular complexity index is 446. The largest absolute Gasteiger partial charge is 0.395 e. The van der Waals surface area contributed by atoms with E-state index in [2.05, 4.69) is 25.7 Å². The molecular weight excluding hydrogens is 290 g/mol. The van der Waals surface area contributed by atoms with Crippen LogP contribution in [0, 0.1) is 12.8 Å². The van der Waals surface area contributed by atoms with Crippen LogP contribution in [0.2, 0.25) is 0 Å². The second kappa shape index (κ2) is 8.38. The average molecular weight is 313 g/mol. The molecule has 1 aliphatic heterocycles. The van der Waals surface area contributed by atoms with E-state index in [1.54, 1.807) is 0 Å². The first-order valence-corrected chi connectivity index (χ1v) is 8.13. The number of carbonyl (C=O) groups excluding carboxylic acids is 1. The molecule has 3 N–H and O–H groups in total. The molecule has 0 aliphatic carbocycles. The SMILES string of the molecule is Cc1nnc(NC(=O)CNCC2CCN(CCO)CC2)s1. The molecule has 2 rings (SSSR count). The van der Waals surface area contributed by atoms with Crippen LogP contribution in [0.5, 0.6) is 0 Å². The fourth-order valence-electron chi connectivity index (χ4n) is 2.46. The van der Waals surface area contributed by atoms with Crippen LogP contribution in [0.4, 0.5) is 5.13 Å². The van der Waals surface area contributed by atoms with Gasteiger partial charge in [0.1, 0.15) is 5.01 Å². The molecule has 0 saturated carbocycles. The lowest BCUT2D eigenvalue weighted by molar-refractivity contribution is -0.115. The summed E-state index contributed by atoms with van der Waals surface area (Å²) in [7, 11) is 0. The van der Waals surface area contributed by atoms with Gasteiger partial charge in [-0.3, -0.25) is 10.1 Å². The van der Waals surface area contributed by atoms with E-state index in [9.17, 15) is 4.79 Å². The standard InChI is InChI=1S/C13H23N5O2S/c1-10-16-17-13(21-10)15-12(20)9-14-8-11-2-4-18(5-3-11)6-7-19/h11,14,19H,2-9H2,1H3,(H,15,17,20). The Morgan fingerprint density at radius 1 is 1.43 bits per heavy atom. The Morgan fingerprint density at radius 3 is 2.81 bits per heavy atom. The molecule has 0 atom stereocenters. The number of β-amino-alcohol motifs (C(OH)–C–C–N with tert-alkyl or cyclic N) is 1. The first-order chi connectivity index (χ1) is 10.2. The number of aromatic nitrogens is 2. The van der Waals surface area contributed by atoms with Gasteiger partial charge in [0.05, 0.1) is 13.2 Å². The van der Waals surface area contributed by atoms with Crippen LogP contribution in [0.1, 0.15) is 17.8 Å². The third-order valence-corrected chi connectivity index (χ3v) is 4.37. The summed E-state index contributed by atoms with van der Waals surface area (Å²) in [6.07, 6.45) is 2.23. The van der Waals surface area contributed by atoms with Crippen molar-refractivity contribution in [3.63, 3.8) is 0 Å². The zero-order valence-corrected chi connectivity index (χ0v) is 13.2. The molecule has 1 amide bonds. The number of hydrogen-bond donors (Lipinski definition) is 3. The van der Waals surface area contributed by atoms with Crippen LogP contribution >= 0.6 is 11.3 Å². The van der Waals surface area contributed by atoms with Gasteiger partial charge in [0.15, 0.2) is 0 Å². The molecule has 1 fully saturated rings. The molecule has 8 heteroatoms. The van der Waals surface area contributed by atoms with Crippen LogP contribution < -0.4 is 10.6 Å². The third kappa shape index (κ3) is 5.66. The van der Waals surface area contributed by atoms with Crippen molar-refractivity contribution in [3.8, 4) is 0 Å². The fraction of sp³-hybridized carbons (Fsp3) is 0.769. The first-order valence-electron chi connectivity index (χ1n) is 7.31. The van der Waals surface area contributed by atoms with Crippen molar-refractivity contribution >= 4 is 22.4 Å². The van der Waals surface area contributed by atoms with Crippen LogP contribution in [0.25, 0.3) is 0 Å². The molecule has 0 spiro atoms. The molecule has 1 aromatic rings. The lowest BCUT2D eigenvalue weighted by Gasteiger charge is -2.31. The number of rotatable bonds is 7. The number of aliphatic hydroxyl groups is 1. The van der Waals surface area contributed by atoms with Gasteiger partial charge >= 0.3 is 0 Å². The van der Waals surface area contributed by atoms with Crippen LogP contribution in [-0.2, 0) is 4.79 Å². The zero-order valence-electron chi connectivity index (χ0n) is 12.3. The Labute approximate surface area is 128 Å². The summed E-state index contributed by atoms with van der Waals surface area (Å²) in [5, 5.41) is 24.0. The van der Waals surface area contributed by atoms with E-state index in [0.717, 1.165) is 44.0 Å². The lowest BCUT2D eigenvalue weighted by Crippen LogP contribution is -2.39. The van der Waals surface area contributed by atoms with Gasteiger partial charge in [0.25, 0.3) is 0 Å². The number of amides is 1. The number of hydrogen-bond acceptors (Lipinski definition) is 7. The average Bonchev–Trinajstić information content (AvgIpc) is 2.86. The van der Waals surface area contributed by atoms with E-state index in [1.807, 2.05) is 6.92 Å². The summed E-state index contributed by atoms with van der Waals surface area (Å²) in [5.41, 5.74) is 0. The van der Waals surface area contributed by atoms with Gasteiger partial charge in [-0.2, -0.15) is 0 Å². The second-order valence-electron chi connectivity index (χ2n) is 5.31. The molecule has 1 saturated heterocycles. The molecule has 0 unspecified atom stereocenters. The molecule has 0 radical (unpaired) electrons. The molecule has 0 aromatic carbocycles. The number of nitrogens with zero attached hydrogens (tertiary/aromatic N) is 3. The molecule has 21 heavy (non-hydrogen) atoms. The molecule has 118 valence electrons. The predicted octanol–water partition coefficient (Wildman–Crippen LogP) is 0.0789. The normalized spacial score (nSPS) is 17.0. The number of piperidine rings is 1. The van der Waals surface area contributed by atoms with Crippen molar-refractivity contribution in [2.24, 2.45) is 5.92 Å². The van der Waals surface area contributed by atoms with E-state index < -0.39 is 0 Å². The zero-order chi connectivity index (χ0) is 15.1. The highest BCUT2D eigenvalue weighted by Gasteiger charge is 2.18. The maximum absolute atomic E-state index is 11.7. The predicted molar refractivity (Wildman–Crippen MR) is 82.4 cm³/mol. The van der Waals surface area contributed by atoms with Gasteiger partial charge < -0.3 is 15.3 Å². The van der Waals surface area contributed by atoms with Crippen molar-refractivity contribution < 1.29 is 9.90 Å². The topological polar surface area (TPSA) is 90.4 Å². The van der Waals surface area contributed by atoms with Crippen molar-refractivity contribution in [3.05, 3.63) is 5.01 Å². The number of aryl methyl sites for hydroxylation is 1. The first kappa shape index (κ1) is 16.3. The van der Waals surface area contributed by atoms with Crippen LogP contribution in [0.3, 0.4) is 0 Å². The quantitative estimate of drug-likeness (QED) is 0.660. The summed E-state index contributed by atoms with van der Waals surface area (Å²) >= 11 is 1.37. The summed E-state index contributed by atoms with van der Waals surface area (Å²) in [4.78, 5) is 14.0. The van der Waals surface area contributed by atoms with Gasteiger partial charge in [-0.05, 0) is 45.3 Å². The number of aliphatic hydroxyl groups excluding tert-OH is 1. The van der Waals surface area contributed by atoms with E-state index in [-0.39, 0.29) is 12.5 Å². The van der Waals surface area contributed by atoms with Gasteiger partial charge in [0.2, 0.25) is 11.0 Å². The van der Waals surface area contributed by atoms with Crippen LogP contribution in [-0.4, -0.2) is 65.4 Å². The Morgan fingerprint density at radius 2 is 2.19 bits per heavy atom. The molecule has 1 aromatic heterocycles. The minimum Gasteiger partial charge on any atom is -0.395 e. The number of anilines is 1. The highest BCUT2D eigenvalue weighted by molar-refractivity contribution is 7.15. The van der Waals surface area contributed by atoms with Crippen molar-refractivity contribution in [1.82, 2.24) is 20.4 Å². The Kier molecular flexibility index (Phi) is 6.50. The van der Waals surface area contributed by atoms with E-state index in [0.29, 0.717) is 17.6 Å². The van der Waals surface area contributed by atoms with Gasteiger partial charge in [0, 0.05) is 6.54 Å². The number of carbonyl (C=O) groups is 1. The monoisotopic (exact) mass is 313 g/mol. The maximum Gasteiger partial charge on any atom is 0.240 e. The van der Waals surface area contributed by atoms with Crippen molar-refractivity contribution in [2.45, 2.75) is 19.8 Å². The Hall–Kier alpha value is -1.09. The highest BCUT2D eigenvalue weighted by Crippen LogP contribution is 2.16. The van der Waals surface area contributed by atoms with E-state index in [4.69, 9.17) is 5.11 Å². The molecule has 1 aliphatic rings. The molecule has 0 bridgehead atoms. The molecule has 2 heterocycles. The number of nitrogens with one attached hydrogen (secondary N) is 2. The van der Waals surface area contributed by atoms with Gasteiger partial charge in [-0.1, -0.05) is 11.3 Å². The summed E-state index contributed by atoms with van der Waals surface area (Å²) in [5.74, 6) is 0.528. The minimum atomic E-state index is -0.0798. The summed E-state index contributed by atoms with van der Waals surface area (Å²) in [6.45, 7) is 6.07. The van der Waals surface area contributed by atoms with Crippen molar-refractivity contribution in [2.75, 3.05) is 44.6 Å². The number of likely N-dealkylation sites (tertiary alicyclic amines) is 1. The lowest BCUT2D eigenvalue weighted by atomic mass is 9.97. The second-order valence-corrected chi connectivity index (χ2v) is 6.50. The molecular formula is C13H23N5O2S. The van der Waals surface area contributed by atoms with Crippen molar-refractivity contribution in [1.29, 1.82) is 0 Å². The van der Waals surface area contributed by atoms with Gasteiger partial charge in [-0.15, -0.1) is 10.2 Å². The van der Waals surface area contributed by atoms with E-state index >= 15 is 0 Å². The summed E-state index contributed by atoms with van der Waals surface area (Å²) < 4.78 is 0. The van der Waals surface area contributed by atoms with E-state index in [1.165, 1.54) is 11.3 Å². The fourth-order valence-corrected chi connectivity index (χ4v) is 3.06. The molecule has 7 nitrogen and oxygen atoms in total. The maximum atomic E-state index is 11.7. The minimum absolute atomic E-state index is 0.0798. The summed E-state index contributed by atoms with van der Waals surface area (Å²) in [6, 6.07) is 0.